The first kappa shape index (κ1) is 14.8. The first-order chi connectivity index (χ1) is 10.8. The van der Waals surface area contributed by atoms with E-state index in [2.05, 4.69) is 37.3 Å². The molecule has 2 aromatic heterocycles. The molecule has 2 N–H and O–H groups in total. The lowest BCUT2D eigenvalue weighted by Crippen LogP contribution is -2.21. The maximum Gasteiger partial charge on any atom is 0.229 e. The summed E-state index contributed by atoms with van der Waals surface area (Å²) >= 11 is 0. The highest BCUT2D eigenvalue weighted by Gasteiger charge is 2.19. The molecule has 0 radical (unpaired) electrons. The van der Waals surface area contributed by atoms with Gasteiger partial charge in [0.25, 0.3) is 0 Å². The Morgan fingerprint density at radius 2 is 2.18 bits per heavy atom. The van der Waals surface area contributed by atoms with Crippen LogP contribution in [0.1, 0.15) is 31.5 Å². The summed E-state index contributed by atoms with van der Waals surface area (Å²) in [5.74, 6) is 1.39. The monoisotopic (exact) mass is 302 g/mol. The zero-order chi connectivity index (χ0) is 15.4. The van der Waals surface area contributed by atoms with Gasteiger partial charge in [0.05, 0.1) is 23.6 Å². The quantitative estimate of drug-likeness (QED) is 0.883. The minimum Gasteiger partial charge on any atom is -0.381 e. The zero-order valence-electron chi connectivity index (χ0n) is 13.0. The molecule has 3 heterocycles. The summed E-state index contributed by atoms with van der Waals surface area (Å²) in [6.45, 7) is 6.55. The van der Waals surface area contributed by atoms with Crippen molar-refractivity contribution in [3.05, 3.63) is 24.2 Å². The lowest BCUT2D eigenvalue weighted by molar-refractivity contribution is 0.0657. The van der Waals surface area contributed by atoms with E-state index in [0.29, 0.717) is 12.0 Å². The maximum absolute atomic E-state index is 5.42. The predicted octanol–water partition coefficient (Wildman–Crippen LogP) is 2.51. The summed E-state index contributed by atoms with van der Waals surface area (Å²) in [6.07, 6.45) is 5.60. The highest BCUT2D eigenvalue weighted by molar-refractivity contribution is 5.56. The predicted molar refractivity (Wildman–Crippen MR) is 85.5 cm³/mol. The third-order valence-electron chi connectivity index (χ3n) is 3.84. The van der Waals surface area contributed by atoms with E-state index >= 15 is 0 Å². The van der Waals surface area contributed by atoms with Gasteiger partial charge >= 0.3 is 0 Å². The van der Waals surface area contributed by atoms with Crippen molar-refractivity contribution in [3.63, 3.8) is 0 Å². The van der Waals surface area contributed by atoms with Gasteiger partial charge in [-0.25, -0.2) is 4.98 Å². The van der Waals surface area contributed by atoms with Crippen LogP contribution in [0.4, 0.5) is 17.5 Å². The Kier molecular flexibility index (Phi) is 4.53. The van der Waals surface area contributed by atoms with Gasteiger partial charge in [0.1, 0.15) is 5.82 Å². The summed E-state index contributed by atoms with van der Waals surface area (Å²) < 4.78 is 7.50. The molecular formula is C15H22N6O. The molecule has 0 saturated carbocycles. The molecule has 7 heteroatoms. The summed E-state index contributed by atoms with van der Waals surface area (Å²) in [4.78, 5) is 8.69. The lowest BCUT2D eigenvalue weighted by atomic mass is 10.1. The highest BCUT2D eigenvalue weighted by atomic mass is 16.5. The lowest BCUT2D eigenvalue weighted by Gasteiger charge is -2.23. The van der Waals surface area contributed by atoms with E-state index in [9.17, 15) is 0 Å². The van der Waals surface area contributed by atoms with Crippen LogP contribution in [0.2, 0.25) is 0 Å². The molecule has 0 aliphatic carbocycles. The van der Waals surface area contributed by atoms with E-state index in [1.54, 1.807) is 6.20 Å². The number of nitrogens with one attached hydrogen (secondary N) is 2. The number of ether oxygens (including phenoxy) is 1. The Balaban J connectivity index is 1.75. The summed E-state index contributed by atoms with van der Waals surface area (Å²) in [7, 11) is 0. The second-order valence-corrected chi connectivity index (χ2v) is 5.35. The van der Waals surface area contributed by atoms with Gasteiger partial charge in [-0.1, -0.05) is 0 Å². The normalized spacial score (nSPS) is 15.7. The van der Waals surface area contributed by atoms with Gasteiger partial charge in [-0.2, -0.15) is 10.1 Å². The van der Waals surface area contributed by atoms with Crippen LogP contribution in [0.3, 0.4) is 0 Å². The van der Waals surface area contributed by atoms with Crippen molar-refractivity contribution in [2.45, 2.75) is 32.7 Å². The molecule has 0 bridgehead atoms. The Morgan fingerprint density at radius 1 is 1.36 bits per heavy atom. The molecule has 7 nitrogen and oxygen atoms in total. The Hall–Kier alpha value is -2.15. The fourth-order valence-electron chi connectivity index (χ4n) is 2.66. The molecule has 0 atom stereocenters. The van der Waals surface area contributed by atoms with Crippen LogP contribution in [0, 0.1) is 6.92 Å². The Morgan fingerprint density at radius 3 is 2.95 bits per heavy atom. The Labute approximate surface area is 130 Å². The fourth-order valence-corrected chi connectivity index (χ4v) is 2.66. The van der Waals surface area contributed by atoms with Gasteiger partial charge in [0.15, 0.2) is 0 Å². The molecule has 2 aromatic rings. The zero-order valence-corrected chi connectivity index (χ0v) is 13.0. The topological polar surface area (TPSA) is 76.9 Å². The average molecular weight is 302 g/mol. The van der Waals surface area contributed by atoms with Gasteiger partial charge in [0.2, 0.25) is 5.95 Å². The van der Waals surface area contributed by atoms with Crippen LogP contribution in [0.15, 0.2) is 18.5 Å². The van der Waals surface area contributed by atoms with Gasteiger partial charge < -0.3 is 15.4 Å². The summed E-state index contributed by atoms with van der Waals surface area (Å²) in [6, 6.07) is 2.27. The van der Waals surface area contributed by atoms with Gasteiger partial charge in [-0.05, 0) is 32.8 Å². The standard InChI is InChI=1S/C15H22N6O/c1-3-16-14-4-7-17-15(20-14)19-13-10-18-21(11(13)2)12-5-8-22-9-6-12/h4,7,10,12H,3,5-6,8-9H2,1-2H3,(H2,16,17,19,20). The van der Waals surface area contributed by atoms with E-state index in [4.69, 9.17) is 4.74 Å². The van der Waals surface area contributed by atoms with Crippen molar-refractivity contribution >= 4 is 17.5 Å². The van der Waals surface area contributed by atoms with Crippen molar-refractivity contribution in [1.82, 2.24) is 19.7 Å². The minimum atomic E-state index is 0.415. The van der Waals surface area contributed by atoms with Crippen molar-refractivity contribution in [1.29, 1.82) is 0 Å². The van der Waals surface area contributed by atoms with Crippen molar-refractivity contribution < 1.29 is 4.74 Å². The van der Waals surface area contributed by atoms with Crippen LogP contribution in [-0.2, 0) is 4.74 Å². The highest BCUT2D eigenvalue weighted by Crippen LogP contribution is 2.26. The molecule has 1 aliphatic heterocycles. The van der Waals surface area contributed by atoms with Crippen LogP contribution < -0.4 is 10.6 Å². The van der Waals surface area contributed by atoms with Crippen molar-refractivity contribution in [2.24, 2.45) is 0 Å². The average Bonchev–Trinajstić information content (AvgIpc) is 2.90. The van der Waals surface area contributed by atoms with Gasteiger partial charge in [0, 0.05) is 26.0 Å². The molecule has 0 unspecified atom stereocenters. The molecule has 0 spiro atoms. The molecule has 0 aromatic carbocycles. The van der Waals surface area contributed by atoms with Crippen molar-refractivity contribution in [3.8, 4) is 0 Å². The second kappa shape index (κ2) is 6.74. The number of nitrogens with zero attached hydrogens (tertiary/aromatic N) is 4. The first-order valence-corrected chi connectivity index (χ1v) is 7.73. The molecule has 22 heavy (non-hydrogen) atoms. The Bertz CT molecular complexity index is 620. The molecule has 3 rings (SSSR count). The number of hydrogen-bond acceptors (Lipinski definition) is 6. The van der Waals surface area contributed by atoms with E-state index < -0.39 is 0 Å². The van der Waals surface area contributed by atoms with Gasteiger partial charge in [-0.15, -0.1) is 0 Å². The molecule has 0 amide bonds. The second-order valence-electron chi connectivity index (χ2n) is 5.35. The summed E-state index contributed by atoms with van der Waals surface area (Å²) in [5, 5.41) is 11.0. The van der Waals surface area contributed by atoms with E-state index in [-0.39, 0.29) is 0 Å². The van der Waals surface area contributed by atoms with Crippen LogP contribution in [-0.4, -0.2) is 39.5 Å². The molecule has 1 aliphatic rings. The van der Waals surface area contributed by atoms with Gasteiger partial charge in [-0.3, -0.25) is 4.68 Å². The number of anilines is 3. The van der Waals surface area contributed by atoms with E-state index in [1.807, 2.05) is 19.2 Å². The number of aromatic nitrogens is 4. The summed E-state index contributed by atoms with van der Waals surface area (Å²) in [5.41, 5.74) is 2.05. The molecular weight excluding hydrogens is 280 g/mol. The van der Waals surface area contributed by atoms with Crippen LogP contribution in [0.5, 0.6) is 0 Å². The molecule has 1 saturated heterocycles. The van der Waals surface area contributed by atoms with Crippen LogP contribution >= 0.6 is 0 Å². The number of hydrogen-bond donors (Lipinski definition) is 2. The number of rotatable bonds is 5. The third-order valence-corrected chi connectivity index (χ3v) is 3.84. The molecule has 118 valence electrons. The van der Waals surface area contributed by atoms with E-state index in [1.165, 1.54) is 0 Å². The largest absolute Gasteiger partial charge is 0.381 e. The van der Waals surface area contributed by atoms with Crippen LogP contribution in [0.25, 0.3) is 0 Å². The minimum absolute atomic E-state index is 0.415. The maximum atomic E-state index is 5.42. The first-order valence-electron chi connectivity index (χ1n) is 7.73. The fraction of sp³-hybridized carbons (Fsp3) is 0.533. The SMILES string of the molecule is CCNc1ccnc(Nc2cnn(C3CCOCC3)c2C)n1. The smallest absolute Gasteiger partial charge is 0.229 e. The molecule has 1 fully saturated rings. The van der Waals surface area contributed by atoms with Crippen molar-refractivity contribution in [2.75, 3.05) is 30.4 Å². The third kappa shape index (κ3) is 3.19. The van der Waals surface area contributed by atoms with E-state index in [0.717, 1.165) is 49.8 Å².